The van der Waals surface area contributed by atoms with Crippen molar-refractivity contribution in [1.29, 1.82) is 0 Å². The minimum absolute atomic E-state index is 0.218. The van der Waals surface area contributed by atoms with E-state index in [0.717, 1.165) is 16.7 Å². The summed E-state index contributed by atoms with van der Waals surface area (Å²) < 4.78 is 10.4. The Bertz CT molecular complexity index is 1010. The Kier molecular flexibility index (Phi) is 7.02. The van der Waals surface area contributed by atoms with Crippen molar-refractivity contribution in [2.75, 3.05) is 25.6 Å². The van der Waals surface area contributed by atoms with Crippen LogP contribution in [-0.4, -0.2) is 42.2 Å². The number of hydrogen-bond donors (Lipinski definition) is 1. The number of hydrogen-bond acceptors (Lipinski definition) is 6. The second kappa shape index (κ2) is 9.69. The van der Waals surface area contributed by atoms with Crippen LogP contribution in [0.3, 0.4) is 0 Å². The summed E-state index contributed by atoms with van der Waals surface area (Å²) in [7, 11) is 1.50. The molecular weight excluding hydrogens is 428 g/mol. The number of anilines is 1. The van der Waals surface area contributed by atoms with E-state index in [4.69, 9.17) is 21.1 Å². The molecule has 1 aliphatic heterocycles. The van der Waals surface area contributed by atoms with Crippen LogP contribution in [0.15, 0.2) is 47.4 Å². The molecule has 156 valence electrons. The van der Waals surface area contributed by atoms with Crippen LogP contribution in [0.2, 0.25) is 5.02 Å². The SMILES string of the molecule is CCOc1ccc(NC(=O)CN2C(=O)S/C(=C/c3ccc(OC)c(Cl)c3)C2=O)cc1. The van der Waals surface area contributed by atoms with Crippen molar-refractivity contribution in [2.45, 2.75) is 6.92 Å². The number of methoxy groups -OCH3 is 1. The zero-order valence-corrected chi connectivity index (χ0v) is 17.9. The lowest BCUT2D eigenvalue weighted by molar-refractivity contribution is -0.127. The molecule has 9 heteroatoms. The standard InChI is InChI=1S/C21H19ClN2O5S/c1-3-29-15-7-5-14(6-8-15)23-19(25)12-24-20(26)18(30-21(24)27)11-13-4-9-17(28-2)16(22)10-13/h4-11H,3,12H2,1-2H3,(H,23,25)/b18-11+. The number of thioether (sulfide) groups is 1. The first kappa shape index (κ1) is 21.7. The summed E-state index contributed by atoms with van der Waals surface area (Å²) in [5.74, 6) is 0.187. The number of benzene rings is 2. The molecule has 0 unspecified atom stereocenters. The highest BCUT2D eigenvalue weighted by Gasteiger charge is 2.36. The predicted molar refractivity (Wildman–Crippen MR) is 117 cm³/mol. The Balaban J connectivity index is 1.65. The van der Waals surface area contributed by atoms with Crippen LogP contribution in [0, 0.1) is 0 Å². The number of imide groups is 1. The van der Waals surface area contributed by atoms with Gasteiger partial charge in [-0.15, -0.1) is 0 Å². The molecule has 3 amide bonds. The molecule has 2 aromatic rings. The van der Waals surface area contributed by atoms with Crippen molar-refractivity contribution in [3.8, 4) is 11.5 Å². The highest BCUT2D eigenvalue weighted by molar-refractivity contribution is 8.18. The normalized spacial score (nSPS) is 14.9. The van der Waals surface area contributed by atoms with Crippen LogP contribution in [0.4, 0.5) is 10.5 Å². The van der Waals surface area contributed by atoms with Gasteiger partial charge in [0.05, 0.1) is 23.6 Å². The first-order valence-corrected chi connectivity index (χ1v) is 10.2. The lowest BCUT2D eigenvalue weighted by Crippen LogP contribution is -2.36. The number of nitrogens with one attached hydrogen (secondary N) is 1. The molecule has 2 aromatic carbocycles. The smallest absolute Gasteiger partial charge is 0.294 e. The van der Waals surface area contributed by atoms with Gasteiger partial charge in [0.1, 0.15) is 18.0 Å². The number of amides is 3. The van der Waals surface area contributed by atoms with Crippen LogP contribution in [0.1, 0.15) is 12.5 Å². The van der Waals surface area contributed by atoms with E-state index in [1.807, 2.05) is 6.92 Å². The third kappa shape index (κ3) is 5.14. The average molecular weight is 447 g/mol. The molecule has 30 heavy (non-hydrogen) atoms. The maximum absolute atomic E-state index is 12.6. The summed E-state index contributed by atoms with van der Waals surface area (Å²) >= 11 is 6.87. The van der Waals surface area contributed by atoms with Crippen LogP contribution < -0.4 is 14.8 Å². The number of carbonyl (C=O) groups excluding carboxylic acids is 3. The summed E-state index contributed by atoms with van der Waals surface area (Å²) in [5.41, 5.74) is 1.18. The van der Waals surface area contributed by atoms with Gasteiger partial charge in [-0.3, -0.25) is 19.3 Å². The molecule has 0 atom stereocenters. The number of nitrogens with zero attached hydrogens (tertiary/aromatic N) is 1. The van der Waals surface area contributed by atoms with Gasteiger partial charge in [0.2, 0.25) is 5.91 Å². The molecule has 1 fully saturated rings. The lowest BCUT2D eigenvalue weighted by Gasteiger charge is -2.12. The highest BCUT2D eigenvalue weighted by Crippen LogP contribution is 2.33. The Hall–Kier alpha value is -2.97. The zero-order chi connectivity index (χ0) is 21.7. The average Bonchev–Trinajstić information content (AvgIpc) is 2.97. The molecule has 7 nitrogen and oxygen atoms in total. The maximum Gasteiger partial charge on any atom is 0.294 e. The number of halogens is 1. The van der Waals surface area contributed by atoms with Gasteiger partial charge >= 0.3 is 0 Å². The molecule has 1 N–H and O–H groups in total. The second-order valence-electron chi connectivity index (χ2n) is 6.17. The minimum atomic E-state index is -0.529. The third-order valence-electron chi connectivity index (χ3n) is 4.10. The van der Waals surface area contributed by atoms with Crippen LogP contribution in [0.25, 0.3) is 6.08 Å². The van der Waals surface area contributed by atoms with Crippen molar-refractivity contribution in [3.63, 3.8) is 0 Å². The van der Waals surface area contributed by atoms with Crippen molar-refractivity contribution < 1.29 is 23.9 Å². The van der Waals surface area contributed by atoms with Gasteiger partial charge in [0, 0.05) is 5.69 Å². The molecule has 1 aliphatic rings. The number of rotatable bonds is 7. The van der Waals surface area contributed by atoms with Crippen LogP contribution >= 0.6 is 23.4 Å². The van der Waals surface area contributed by atoms with E-state index >= 15 is 0 Å². The summed E-state index contributed by atoms with van der Waals surface area (Å²) in [6.45, 7) is 2.05. The van der Waals surface area contributed by atoms with Gasteiger partial charge in [-0.25, -0.2) is 0 Å². The molecule has 0 bridgehead atoms. The van der Waals surface area contributed by atoms with E-state index in [2.05, 4.69) is 5.32 Å². The Labute approximate surface area is 183 Å². The maximum atomic E-state index is 12.6. The predicted octanol–water partition coefficient (Wildman–Crippen LogP) is 4.42. The van der Waals surface area contributed by atoms with Crippen LogP contribution in [-0.2, 0) is 9.59 Å². The van der Waals surface area contributed by atoms with Crippen molar-refractivity contribution in [1.82, 2.24) is 4.90 Å². The van der Waals surface area contributed by atoms with E-state index < -0.39 is 17.1 Å². The molecule has 0 spiro atoms. The minimum Gasteiger partial charge on any atom is -0.495 e. The van der Waals surface area contributed by atoms with Gasteiger partial charge in [0.15, 0.2) is 0 Å². The van der Waals surface area contributed by atoms with Gasteiger partial charge in [-0.2, -0.15) is 0 Å². The van der Waals surface area contributed by atoms with Crippen molar-refractivity contribution in [2.24, 2.45) is 0 Å². The van der Waals surface area contributed by atoms with Gasteiger partial charge in [-0.1, -0.05) is 17.7 Å². The fourth-order valence-electron chi connectivity index (χ4n) is 2.71. The summed E-state index contributed by atoms with van der Waals surface area (Å²) in [4.78, 5) is 38.3. The van der Waals surface area contributed by atoms with Crippen molar-refractivity contribution in [3.05, 3.63) is 58.0 Å². The Morgan fingerprint density at radius 2 is 1.93 bits per heavy atom. The first-order chi connectivity index (χ1) is 14.4. The molecule has 0 radical (unpaired) electrons. The van der Waals surface area contributed by atoms with E-state index in [1.165, 1.54) is 7.11 Å². The largest absolute Gasteiger partial charge is 0.495 e. The molecule has 0 saturated carbocycles. The van der Waals surface area contributed by atoms with E-state index in [9.17, 15) is 14.4 Å². The zero-order valence-electron chi connectivity index (χ0n) is 16.3. The molecule has 1 heterocycles. The Morgan fingerprint density at radius 1 is 1.20 bits per heavy atom. The number of carbonyl (C=O) groups is 3. The van der Waals surface area contributed by atoms with Gasteiger partial charge in [0.25, 0.3) is 11.1 Å². The van der Waals surface area contributed by atoms with Crippen molar-refractivity contribution >= 4 is 52.2 Å². The van der Waals surface area contributed by atoms with E-state index in [1.54, 1.807) is 48.5 Å². The quantitative estimate of drug-likeness (QED) is 0.633. The second-order valence-corrected chi connectivity index (χ2v) is 7.57. The molecule has 1 saturated heterocycles. The molecule has 3 rings (SSSR count). The van der Waals surface area contributed by atoms with Crippen LogP contribution in [0.5, 0.6) is 11.5 Å². The Morgan fingerprint density at radius 3 is 2.57 bits per heavy atom. The summed E-state index contributed by atoms with van der Waals surface area (Å²) in [6.07, 6.45) is 1.56. The van der Waals surface area contributed by atoms with E-state index in [0.29, 0.717) is 34.4 Å². The highest BCUT2D eigenvalue weighted by atomic mass is 35.5. The lowest BCUT2D eigenvalue weighted by atomic mass is 10.2. The number of ether oxygens (including phenoxy) is 2. The summed E-state index contributed by atoms with van der Waals surface area (Å²) in [5, 5.41) is 2.55. The topological polar surface area (TPSA) is 84.9 Å². The van der Waals surface area contributed by atoms with Gasteiger partial charge in [-0.05, 0) is 66.7 Å². The molecular formula is C21H19ClN2O5S. The monoisotopic (exact) mass is 446 g/mol. The molecule has 0 aliphatic carbocycles. The summed E-state index contributed by atoms with van der Waals surface area (Å²) in [6, 6.07) is 11.8. The fraction of sp³-hybridized carbons (Fsp3) is 0.190. The fourth-order valence-corrected chi connectivity index (χ4v) is 3.81. The first-order valence-electron chi connectivity index (χ1n) is 9.03. The van der Waals surface area contributed by atoms with E-state index in [-0.39, 0.29) is 11.4 Å². The third-order valence-corrected chi connectivity index (χ3v) is 5.30. The molecule has 0 aromatic heterocycles. The van der Waals surface area contributed by atoms with Gasteiger partial charge < -0.3 is 14.8 Å².